The molecule has 35 heavy (non-hydrogen) atoms. The number of rotatable bonds is 9. The summed E-state index contributed by atoms with van der Waals surface area (Å²) in [7, 11) is 2.25. The first-order chi connectivity index (χ1) is 16.5. The van der Waals surface area contributed by atoms with Gasteiger partial charge in [0, 0.05) is 19.9 Å². The molecule has 10 heteroatoms. The Kier molecular flexibility index (Phi) is 6.90. The molecule has 5 atom stereocenters. The largest absolute Gasteiger partial charge is 0.496 e. The molecule has 190 valence electrons. The van der Waals surface area contributed by atoms with Crippen LogP contribution in [0, 0.1) is 17.3 Å². The van der Waals surface area contributed by atoms with Gasteiger partial charge in [-0.25, -0.2) is 4.79 Å². The molecule has 1 aliphatic heterocycles. The SMILES string of the molecule is CNC(=O)CCC(=O)NC(Cc1cccc(C(=O)O)c1OC)B1OC2CC3CC(C3(C)C)C2(C)O1. The average molecular weight is 486 g/mol. The first-order valence-electron chi connectivity index (χ1n) is 12.2. The molecule has 1 heterocycles. The second kappa shape index (κ2) is 9.46. The third kappa shape index (κ3) is 4.54. The Morgan fingerprint density at radius 1 is 1.20 bits per heavy atom. The minimum Gasteiger partial charge on any atom is -0.496 e. The zero-order chi connectivity index (χ0) is 25.5. The minimum atomic E-state index is -1.09. The molecule has 5 unspecified atom stereocenters. The van der Waals surface area contributed by atoms with E-state index in [0.717, 1.165) is 12.8 Å². The minimum absolute atomic E-state index is 0.0214. The molecule has 2 bridgehead atoms. The van der Waals surface area contributed by atoms with E-state index in [0.29, 0.717) is 17.4 Å². The Morgan fingerprint density at radius 3 is 2.54 bits per heavy atom. The van der Waals surface area contributed by atoms with Gasteiger partial charge in [-0.05, 0) is 55.1 Å². The Balaban J connectivity index is 1.58. The zero-order valence-electron chi connectivity index (χ0n) is 21.1. The lowest BCUT2D eigenvalue weighted by molar-refractivity contribution is -0.199. The summed E-state index contributed by atoms with van der Waals surface area (Å²) in [6, 6.07) is 4.91. The van der Waals surface area contributed by atoms with Gasteiger partial charge in [-0.3, -0.25) is 9.59 Å². The van der Waals surface area contributed by atoms with Gasteiger partial charge in [0.25, 0.3) is 0 Å². The number of ether oxygens (including phenoxy) is 1. The van der Waals surface area contributed by atoms with Crippen molar-refractivity contribution in [3.8, 4) is 5.75 Å². The highest BCUT2D eigenvalue weighted by atomic mass is 16.7. The molecule has 1 aromatic carbocycles. The van der Waals surface area contributed by atoms with Crippen LogP contribution in [0.2, 0.25) is 0 Å². The van der Waals surface area contributed by atoms with E-state index in [-0.39, 0.29) is 53.9 Å². The molecule has 4 fully saturated rings. The van der Waals surface area contributed by atoms with E-state index in [1.165, 1.54) is 20.2 Å². The van der Waals surface area contributed by atoms with Crippen molar-refractivity contribution in [2.75, 3.05) is 14.2 Å². The Morgan fingerprint density at radius 2 is 1.91 bits per heavy atom. The summed E-state index contributed by atoms with van der Waals surface area (Å²) in [5, 5.41) is 15.1. The van der Waals surface area contributed by atoms with Crippen LogP contribution in [0.1, 0.15) is 62.4 Å². The molecule has 0 radical (unpaired) electrons. The van der Waals surface area contributed by atoms with E-state index in [9.17, 15) is 19.5 Å². The lowest BCUT2D eigenvalue weighted by Crippen LogP contribution is -2.65. The molecule has 0 aromatic heterocycles. The van der Waals surface area contributed by atoms with Crippen molar-refractivity contribution in [2.45, 2.75) is 70.5 Å². The molecule has 5 rings (SSSR count). The van der Waals surface area contributed by atoms with Crippen LogP contribution in [0.3, 0.4) is 0 Å². The number of aromatic carboxylic acids is 1. The lowest BCUT2D eigenvalue weighted by Gasteiger charge is -2.64. The van der Waals surface area contributed by atoms with Crippen LogP contribution in [0.15, 0.2) is 18.2 Å². The first-order valence-corrected chi connectivity index (χ1v) is 12.2. The molecule has 1 saturated heterocycles. The summed E-state index contributed by atoms with van der Waals surface area (Å²) < 4.78 is 18.5. The third-order valence-corrected chi connectivity index (χ3v) is 8.47. The number of nitrogens with one attached hydrogen (secondary N) is 2. The van der Waals surface area contributed by atoms with Crippen LogP contribution in [-0.4, -0.2) is 61.8 Å². The van der Waals surface area contributed by atoms with Crippen LogP contribution in [0.5, 0.6) is 5.75 Å². The summed E-state index contributed by atoms with van der Waals surface area (Å²) in [6.07, 6.45) is 2.28. The van der Waals surface area contributed by atoms with Gasteiger partial charge in [0.15, 0.2) is 0 Å². The normalized spacial score (nSPS) is 28.9. The van der Waals surface area contributed by atoms with Crippen molar-refractivity contribution < 1.29 is 33.5 Å². The number of benzene rings is 1. The maximum Gasteiger partial charge on any atom is 0.482 e. The number of carboxylic acid groups (broad SMARTS) is 1. The maximum atomic E-state index is 12.8. The molecule has 1 aromatic rings. The van der Waals surface area contributed by atoms with Gasteiger partial charge in [-0.2, -0.15) is 0 Å². The van der Waals surface area contributed by atoms with Crippen LogP contribution in [0.25, 0.3) is 0 Å². The highest BCUT2D eigenvalue weighted by Gasteiger charge is 2.68. The Bertz CT molecular complexity index is 1020. The third-order valence-electron chi connectivity index (χ3n) is 8.47. The number of amides is 2. The van der Waals surface area contributed by atoms with Gasteiger partial charge >= 0.3 is 13.1 Å². The van der Waals surface area contributed by atoms with Crippen molar-refractivity contribution in [2.24, 2.45) is 17.3 Å². The van der Waals surface area contributed by atoms with E-state index in [1.807, 2.05) is 0 Å². The van der Waals surface area contributed by atoms with Crippen LogP contribution in [0.4, 0.5) is 0 Å². The zero-order valence-corrected chi connectivity index (χ0v) is 21.1. The van der Waals surface area contributed by atoms with Crippen molar-refractivity contribution in [1.29, 1.82) is 0 Å². The average Bonchev–Trinajstić information content (AvgIpc) is 3.18. The molecule has 3 aliphatic carbocycles. The standard InChI is InChI=1S/C25H35BN2O7/c1-24(2)15-12-17(24)25(3)18(13-15)34-26(35-25)19(28-21(30)10-9-20(29)27-4)11-14-7-6-8-16(23(31)32)22(14)33-5/h6-8,15,17-19H,9-13H2,1-5H3,(H,27,29)(H,28,30)(H,31,32). The number of carbonyl (C=O) groups is 3. The summed E-state index contributed by atoms with van der Waals surface area (Å²) in [6.45, 7) is 6.67. The van der Waals surface area contributed by atoms with E-state index < -0.39 is 24.6 Å². The first kappa shape index (κ1) is 25.5. The smallest absolute Gasteiger partial charge is 0.482 e. The molecular weight excluding hydrogens is 451 g/mol. The second-order valence-electron chi connectivity index (χ2n) is 10.7. The van der Waals surface area contributed by atoms with E-state index in [4.69, 9.17) is 14.0 Å². The topological polar surface area (TPSA) is 123 Å². The van der Waals surface area contributed by atoms with Crippen molar-refractivity contribution in [3.05, 3.63) is 29.3 Å². The number of methoxy groups -OCH3 is 1. The molecule has 3 saturated carbocycles. The van der Waals surface area contributed by atoms with Crippen molar-refractivity contribution in [1.82, 2.24) is 10.6 Å². The fourth-order valence-electron chi connectivity index (χ4n) is 6.31. The summed E-state index contributed by atoms with van der Waals surface area (Å²) >= 11 is 0. The predicted molar refractivity (Wildman–Crippen MR) is 129 cm³/mol. The second-order valence-corrected chi connectivity index (χ2v) is 10.7. The van der Waals surface area contributed by atoms with Gasteiger partial charge < -0.3 is 29.8 Å². The predicted octanol–water partition coefficient (Wildman–Crippen LogP) is 2.21. The van der Waals surface area contributed by atoms with E-state index in [1.54, 1.807) is 12.1 Å². The van der Waals surface area contributed by atoms with Crippen LogP contribution >= 0.6 is 0 Å². The van der Waals surface area contributed by atoms with E-state index in [2.05, 4.69) is 31.4 Å². The summed E-state index contributed by atoms with van der Waals surface area (Å²) in [4.78, 5) is 36.1. The summed E-state index contributed by atoms with van der Waals surface area (Å²) in [5.41, 5.74) is 0.391. The van der Waals surface area contributed by atoms with Gasteiger partial charge in [0.05, 0.1) is 24.8 Å². The van der Waals surface area contributed by atoms with Crippen LogP contribution in [-0.2, 0) is 25.3 Å². The van der Waals surface area contributed by atoms with Gasteiger partial charge in [0.2, 0.25) is 11.8 Å². The lowest BCUT2D eigenvalue weighted by atomic mass is 9.43. The van der Waals surface area contributed by atoms with Gasteiger partial charge in [0.1, 0.15) is 11.3 Å². The molecule has 2 amide bonds. The molecule has 3 N–H and O–H groups in total. The Hall–Kier alpha value is -2.59. The number of carbonyl (C=O) groups excluding carboxylic acids is 2. The van der Waals surface area contributed by atoms with Gasteiger partial charge in [-0.15, -0.1) is 0 Å². The molecule has 0 spiro atoms. The maximum absolute atomic E-state index is 12.8. The van der Waals surface area contributed by atoms with Crippen LogP contribution < -0.4 is 15.4 Å². The van der Waals surface area contributed by atoms with Crippen molar-refractivity contribution >= 4 is 24.9 Å². The highest BCUT2D eigenvalue weighted by molar-refractivity contribution is 6.48. The number of hydrogen-bond donors (Lipinski definition) is 3. The Labute approximate surface area is 206 Å². The molecule has 4 aliphatic rings. The number of carboxylic acids is 1. The quantitative estimate of drug-likeness (QED) is 0.458. The number of para-hydroxylation sites is 1. The highest BCUT2D eigenvalue weighted by Crippen LogP contribution is 2.65. The fraction of sp³-hybridized carbons (Fsp3) is 0.640. The van der Waals surface area contributed by atoms with Gasteiger partial charge in [-0.1, -0.05) is 26.0 Å². The number of hydrogen-bond acceptors (Lipinski definition) is 6. The monoisotopic (exact) mass is 486 g/mol. The van der Waals surface area contributed by atoms with Crippen molar-refractivity contribution in [3.63, 3.8) is 0 Å². The molecule has 9 nitrogen and oxygen atoms in total. The molecular formula is C25H35BN2O7. The van der Waals surface area contributed by atoms with E-state index >= 15 is 0 Å². The summed E-state index contributed by atoms with van der Waals surface area (Å²) in [5.74, 6) is -1.02. The fourth-order valence-corrected chi connectivity index (χ4v) is 6.31.